The Labute approximate surface area is 208 Å². The van der Waals surface area contributed by atoms with Crippen molar-refractivity contribution in [2.45, 2.75) is 59.2 Å². The zero-order chi connectivity index (χ0) is 23.8. The van der Waals surface area contributed by atoms with Gasteiger partial charge in [-0.05, 0) is 72.4 Å². The lowest BCUT2D eigenvalue weighted by Crippen LogP contribution is -2.50. The van der Waals surface area contributed by atoms with Crippen molar-refractivity contribution in [1.82, 2.24) is 10.2 Å². The van der Waals surface area contributed by atoms with Gasteiger partial charge in [-0.2, -0.15) is 0 Å². The van der Waals surface area contributed by atoms with Gasteiger partial charge in [0, 0.05) is 28.2 Å². The molecule has 2 amide bonds. The van der Waals surface area contributed by atoms with Gasteiger partial charge in [-0.3, -0.25) is 9.59 Å². The molecule has 0 unspecified atom stereocenters. The van der Waals surface area contributed by atoms with Gasteiger partial charge in [-0.15, -0.1) is 0 Å². The second-order valence-corrected chi connectivity index (χ2v) is 9.29. The highest BCUT2D eigenvalue weighted by Gasteiger charge is 2.28. The number of carbonyl (C=O) groups excluding carboxylic acids is 2. The Morgan fingerprint density at radius 2 is 1.78 bits per heavy atom. The quantitative estimate of drug-likeness (QED) is 0.398. The fraction of sp³-hybridized carbons (Fsp3) is 0.417. The maximum atomic E-state index is 13.2. The van der Waals surface area contributed by atoms with Crippen molar-refractivity contribution in [2.24, 2.45) is 0 Å². The summed E-state index contributed by atoms with van der Waals surface area (Å²) >= 11 is 16.1. The van der Waals surface area contributed by atoms with Crippen LogP contribution in [0, 0.1) is 0 Å². The Hall–Kier alpha value is -1.76. The van der Waals surface area contributed by atoms with E-state index >= 15 is 0 Å². The molecule has 5 nitrogen and oxygen atoms in total. The highest BCUT2D eigenvalue weighted by molar-refractivity contribution is 9.10. The zero-order valence-electron chi connectivity index (χ0n) is 18.8. The van der Waals surface area contributed by atoms with E-state index in [-0.39, 0.29) is 31.0 Å². The Morgan fingerprint density at radius 1 is 1.12 bits per heavy atom. The molecule has 0 saturated carbocycles. The second kappa shape index (κ2) is 12.5. The third kappa shape index (κ3) is 7.12. The van der Waals surface area contributed by atoms with Crippen LogP contribution in [0.3, 0.4) is 0 Å². The molecule has 174 valence electrons. The van der Waals surface area contributed by atoms with E-state index in [0.29, 0.717) is 21.4 Å². The maximum Gasteiger partial charge on any atom is 0.261 e. The Morgan fingerprint density at radius 3 is 2.34 bits per heavy atom. The summed E-state index contributed by atoms with van der Waals surface area (Å²) in [6.45, 7) is 7.51. The highest BCUT2D eigenvalue weighted by Crippen LogP contribution is 2.28. The molecular formula is C24H29BrCl2N2O3. The minimum Gasteiger partial charge on any atom is -0.483 e. The van der Waals surface area contributed by atoms with Crippen LogP contribution in [0.15, 0.2) is 40.9 Å². The topological polar surface area (TPSA) is 58.6 Å². The number of amides is 2. The molecule has 0 saturated heterocycles. The third-order valence-corrected chi connectivity index (χ3v) is 6.64. The van der Waals surface area contributed by atoms with E-state index in [0.717, 1.165) is 22.9 Å². The van der Waals surface area contributed by atoms with Gasteiger partial charge in [-0.25, -0.2) is 0 Å². The van der Waals surface area contributed by atoms with E-state index in [1.165, 1.54) is 4.90 Å². The predicted molar refractivity (Wildman–Crippen MR) is 133 cm³/mol. The lowest BCUT2D eigenvalue weighted by Gasteiger charge is -2.30. The number of nitrogens with one attached hydrogen (secondary N) is 1. The average molecular weight is 544 g/mol. The normalized spacial score (nSPS) is 12.7. The summed E-state index contributed by atoms with van der Waals surface area (Å²) in [6.07, 6.45) is 1.68. The second-order valence-electron chi connectivity index (χ2n) is 7.62. The van der Waals surface area contributed by atoms with E-state index in [1.54, 1.807) is 25.1 Å². The van der Waals surface area contributed by atoms with Gasteiger partial charge in [0.05, 0.1) is 4.47 Å². The van der Waals surface area contributed by atoms with Crippen molar-refractivity contribution in [1.29, 1.82) is 0 Å². The zero-order valence-corrected chi connectivity index (χ0v) is 21.9. The molecular weight excluding hydrogens is 515 g/mol. The van der Waals surface area contributed by atoms with Crippen molar-refractivity contribution in [3.63, 3.8) is 0 Å². The fourth-order valence-corrected chi connectivity index (χ4v) is 4.06. The number of aryl methyl sites for hydroxylation is 1. The number of carbonyl (C=O) groups is 2. The number of halogens is 3. The number of benzene rings is 2. The summed E-state index contributed by atoms with van der Waals surface area (Å²) in [7, 11) is 0. The van der Waals surface area contributed by atoms with Gasteiger partial charge < -0.3 is 15.0 Å². The molecule has 0 aliphatic rings. The van der Waals surface area contributed by atoms with E-state index in [2.05, 4.69) is 28.2 Å². The van der Waals surface area contributed by atoms with E-state index < -0.39 is 6.04 Å². The monoisotopic (exact) mass is 542 g/mol. The molecule has 2 atom stereocenters. The first-order valence-electron chi connectivity index (χ1n) is 10.6. The van der Waals surface area contributed by atoms with Crippen LogP contribution in [0.5, 0.6) is 5.75 Å². The summed E-state index contributed by atoms with van der Waals surface area (Å²) in [4.78, 5) is 27.4. The SMILES string of the molecule is CCc1ccc(OCC(=O)N(Cc2c(Cl)cccc2Cl)[C@@H](C)C(=O)N[C@@H](C)CC)c(Br)c1. The predicted octanol–water partition coefficient (Wildman–Crippen LogP) is 6.03. The summed E-state index contributed by atoms with van der Waals surface area (Å²) < 4.78 is 6.54. The van der Waals surface area contributed by atoms with Gasteiger partial charge in [-0.1, -0.05) is 49.2 Å². The Balaban J connectivity index is 2.24. The molecule has 0 heterocycles. The molecule has 0 bridgehead atoms. The molecule has 0 aromatic heterocycles. The van der Waals surface area contributed by atoms with E-state index in [9.17, 15) is 9.59 Å². The van der Waals surface area contributed by atoms with Crippen LogP contribution in [0.2, 0.25) is 10.0 Å². The fourth-order valence-electron chi connectivity index (χ4n) is 3.01. The molecule has 2 rings (SSSR count). The smallest absolute Gasteiger partial charge is 0.261 e. The molecule has 0 spiro atoms. The molecule has 2 aromatic rings. The molecule has 0 aliphatic carbocycles. The summed E-state index contributed by atoms with van der Waals surface area (Å²) in [5.74, 6) is -0.0356. The average Bonchev–Trinajstić information content (AvgIpc) is 2.77. The molecule has 1 N–H and O–H groups in total. The van der Waals surface area contributed by atoms with E-state index in [1.807, 2.05) is 32.0 Å². The number of nitrogens with zero attached hydrogens (tertiary/aromatic N) is 1. The van der Waals surface area contributed by atoms with Crippen molar-refractivity contribution in [3.8, 4) is 5.75 Å². The van der Waals surface area contributed by atoms with Crippen LogP contribution >= 0.6 is 39.1 Å². The largest absolute Gasteiger partial charge is 0.483 e. The lowest BCUT2D eigenvalue weighted by molar-refractivity contribution is -0.142. The van der Waals surface area contributed by atoms with Gasteiger partial charge in [0.1, 0.15) is 11.8 Å². The first kappa shape index (κ1) is 26.5. The molecule has 0 aliphatic heterocycles. The van der Waals surface area contributed by atoms with Crippen molar-refractivity contribution in [2.75, 3.05) is 6.61 Å². The number of ether oxygens (including phenoxy) is 1. The lowest BCUT2D eigenvalue weighted by atomic mass is 10.1. The molecule has 8 heteroatoms. The highest BCUT2D eigenvalue weighted by atomic mass is 79.9. The van der Waals surface area contributed by atoms with Crippen molar-refractivity contribution < 1.29 is 14.3 Å². The van der Waals surface area contributed by atoms with Crippen LogP contribution in [-0.2, 0) is 22.6 Å². The Kier molecular flexibility index (Phi) is 10.3. The Bertz CT molecular complexity index is 935. The minimum absolute atomic E-state index is 0.00455. The van der Waals surface area contributed by atoms with Crippen LogP contribution in [-0.4, -0.2) is 35.4 Å². The van der Waals surface area contributed by atoms with Gasteiger partial charge in [0.25, 0.3) is 5.91 Å². The molecule has 0 fully saturated rings. The third-order valence-electron chi connectivity index (χ3n) is 5.31. The van der Waals surface area contributed by atoms with Crippen LogP contribution in [0.1, 0.15) is 45.2 Å². The van der Waals surface area contributed by atoms with Gasteiger partial charge in [0.15, 0.2) is 6.61 Å². The number of hydrogen-bond donors (Lipinski definition) is 1. The number of hydrogen-bond acceptors (Lipinski definition) is 3. The molecule has 2 aromatic carbocycles. The van der Waals surface area contributed by atoms with Crippen LogP contribution < -0.4 is 10.1 Å². The maximum absolute atomic E-state index is 13.2. The first-order valence-corrected chi connectivity index (χ1v) is 12.2. The summed E-state index contributed by atoms with van der Waals surface area (Å²) in [5.41, 5.74) is 1.74. The van der Waals surface area contributed by atoms with E-state index in [4.69, 9.17) is 27.9 Å². The summed E-state index contributed by atoms with van der Waals surface area (Å²) in [6, 6.07) is 10.1. The molecule has 0 radical (unpaired) electrons. The van der Waals surface area contributed by atoms with Crippen molar-refractivity contribution in [3.05, 3.63) is 62.0 Å². The number of rotatable bonds is 10. The molecule has 32 heavy (non-hydrogen) atoms. The standard InChI is InChI=1S/C24H29BrCl2N2O3/c1-5-15(3)28-24(31)16(4)29(13-18-20(26)8-7-9-21(18)27)23(30)14-32-22-11-10-17(6-2)12-19(22)25/h7-12,15-16H,5-6,13-14H2,1-4H3,(H,28,31)/t15-,16-/m0/s1. The summed E-state index contributed by atoms with van der Waals surface area (Å²) in [5, 5.41) is 3.80. The van der Waals surface area contributed by atoms with Gasteiger partial charge >= 0.3 is 0 Å². The van der Waals surface area contributed by atoms with Crippen molar-refractivity contribution >= 4 is 50.9 Å². The first-order chi connectivity index (χ1) is 15.2. The van der Waals surface area contributed by atoms with Crippen LogP contribution in [0.4, 0.5) is 0 Å². The minimum atomic E-state index is -0.738. The van der Waals surface area contributed by atoms with Gasteiger partial charge in [0.2, 0.25) is 5.91 Å². The van der Waals surface area contributed by atoms with Crippen LogP contribution in [0.25, 0.3) is 0 Å².